The second-order valence-electron chi connectivity index (χ2n) is 5.11. The largest absolute Gasteiger partial charge is 0.492 e. The second kappa shape index (κ2) is 5.46. The molecule has 3 rings (SSSR count). The molecule has 0 aliphatic carbocycles. The average molecular weight is 293 g/mol. The van der Waals surface area contributed by atoms with Crippen molar-refractivity contribution in [2.45, 2.75) is 26.9 Å². The second-order valence-corrected chi connectivity index (χ2v) is 5.55. The predicted octanol–water partition coefficient (Wildman–Crippen LogP) is 3.34. The van der Waals surface area contributed by atoms with Crippen LogP contribution in [0.2, 0.25) is 5.02 Å². The van der Waals surface area contributed by atoms with E-state index in [1.54, 1.807) is 0 Å². The third-order valence-electron chi connectivity index (χ3n) is 3.64. The first kappa shape index (κ1) is 13.5. The van der Waals surface area contributed by atoms with E-state index in [1.165, 1.54) is 0 Å². The summed E-state index contributed by atoms with van der Waals surface area (Å²) < 4.78 is 11.0. The maximum atomic E-state index is 6.07. The summed E-state index contributed by atoms with van der Waals surface area (Å²) >= 11 is 6.07. The van der Waals surface area contributed by atoms with Crippen molar-refractivity contribution in [2.75, 3.05) is 13.2 Å². The van der Waals surface area contributed by atoms with Crippen LogP contribution in [0.1, 0.15) is 22.6 Å². The Morgan fingerprint density at radius 3 is 2.95 bits per heavy atom. The predicted molar refractivity (Wildman–Crippen MR) is 77.0 cm³/mol. The van der Waals surface area contributed by atoms with Crippen molar-refractivity contribution in [1.29, 1.82) is 0 Å². The lowest BCUT2D eigenvalue weighted by Gasteiger charge is -2.19. The number of ether oxygens (including phenoxy) is 1. The van der Waals surface area contributed by atoms with Gasteiger partial charge in [-0.3, -0.25) is 4.90 Å². The lowest BCUT2D eigenvalue weighted by atomic mass is 10.1. The smallest absolute Gasteiger partial charge is 0.138 e. The molecule has 0 saturated carbocycles. The first-order valence-corrected chi connectivity index (χ1v) is 7.06. The molecule has 0 saturated heterocycles. The zero-order valence-corrected chi connectivity index (χ0v) is 12.4. The van der Waals surface area contributed by atoms with Crippen LogP contribution in [0.15, 0.2) is 22.7 Å². The number of aromatic nitrogens is 1. The Kier molecular flexibility index (Phi) is 3.68. The lowest BCUT2D eigenvalue weighted by Crippen LogP contribution is -2.25. The number of hydrogen-bond acceptors (Lipinski definition) is 4. The van der Waals surface area contributed by atoms with Crippen molar-refractivity contribution in [2.24, 2.45) is 0 Å². The lowest BCUT2D eigenvalue weighted by molar-refractivity contribution is 0.218. The molecule has 5 heteroatoms. The van der Waals surface area contributed by atoms with E-state index < -0.39 is 0 Å². The highest BCUT2D eigenvalue weighted by molar-refractivity contribution is 6.30. The van der Waals surface area contributed by atoms with Gasteiger partial charge in [0.25, 0.3) is 0 Å². The van der Waals surface area contributed by atoms with E-state index in [-0.39, 0.29) is 0 Å². The van der Waals surface area contributed by atoms with E-state index in [0.29, 0.717) is 6.61 Å². The van der Waals surface area contributed by atoms with Crippen LogP contribution >= 0.6 is 11.6 Å². The summed E-state index contributed by atoms with van der Waals surface area (Å²) in [5.74, 6) is 1.81. The Balaban J connectivity index is 1.82. The fourth-order valence-corrected chi connectivity index (χ4v) is 2.70. The Bertz CT molecular complexity index is 605. The van der Waals surface area contributed by atoms with Gasteiger partial charge in [0.15, 0.2) is 0 Å². The molecule has 1 aromatic carbocycles. The quantitative estimate of drug-likeness (QED) is 0.851. The Morgan fingerprint density at radius 2 is 2.20 bits per heavy atom. The third kappa shape index (κ3) is 2.67. The number of aryl methyl sites for hydroxylation is 2. The Labute approximate surface area is 123 Å². The Hall–Kier alpha value is -1.52. The molecular formula is C15H17ClN2O2. The van der Waals surface area contributed by atoms with Crippen LogP contribution in [0.5, 0.6) is 5.75 Å². The minimum atomic E-state index is 0.679. The molecule has 20 heavy (non-hydrogen) atoms. The van der Waals surface area contributed by atoms with E-state index in [1.807, 2.05) is 32.0 Å². The molecule has 106 valence electrons. The zero-order valence-electron chi connectivity index (χ0n) is 11.6. The number of hydrogen-bond donors (Lipinski definition) is 0. The van der Waals surface area contributed by atoms with Gasteiger partial charge in [0.1, 0.15) is 18.1 Å². The van der Waals surface area contributed by atoms with Gasteiger partial charge >= 0.3 is 0 Å². The third-order valence-corrected chi connectivity index (χ3v) is 3.88. The molecule has 0 amide bonds. The molecule has 1 aromatic heterocycles. The van der Waals surface area contributed by atoms with Gasteiger partial charge in [0, 0.05) is 35.8 Å². The normalized spacial score (nSPS) is 15.6. The van der Waals surface area contributed by atoms with Gasteiger partial charge in [-0.15, -0.1) is 0 Å². The topological polar surface area (TPSA) is 38.5 Å². The number of benzene rings is 1. The minimum absolute atomic E-state index is 0.679. The van der Waals surface area contributed by atoms with Crippen molar-refractivity contribution < 1.29 is 9.26 Å². The van der Waals surface area contributed by atoms with Crippen LogP contribution in [0.4, 0.5) is 0 Å². The average Bonchev–Trinajstić information content (AvgIpc) is 2.64. The summed E-state index contributed by atoms with van der Waals surface area (Å²) in [6.07, 6.45) is 0. The van der Waals surface area contributed by atoms with Crippen LogP contribution in [0, 0.1) is 13.8 Å². The van der Waals surface area contributed by atoms with Crippen LogP contribution in [0.3, 0.4) is 0 Å². The molecule has 0 spiro atoms. The monoisotopic (exact) mass is 292 g/mol. The Morgan fingerprint density at radius 1 is 1.35 bits per heavy atom. The molecule has 0 bridgehead atoms. The molecule has 0 N–H and O–H groups in total. The number of rotatable bonds is 2. The molecule has 0 radical (unpaired) electrons. The molecule has 2 heterocycles. The van der Waals surface area contributed by atoms with Crippen LogP contribution < -0.4 is 4.74 Å². The van der Waals surface area contributed by atoms with E-state index in [4.69, 9.17) is 20.9 Å². The van der Waals surface area contributed by atoms with E-state index in [0.717, 1.165) is 53.0 Å². The summed E-state index contributed by atoms with van der Waals surface area (Å²) in [6.45, 7) is 7.12. The molecule has 1 aliphatic rings. The van der Waals surface area contributed by atoms with Crippen molar-refractivity contribution in [1.82, 2.24) is 10.1 Å². The van der Waals surface area contributed by atoms with Crippen LogP contribution in [-0.4, -0.2) is 23.2 Å². The van der Waals surface area contributed by atoms with Crippen LogP contribution in [-0.2, 0) is 13.1 Å². The summed E-state index contributed by atoms with van der Waals surface area (Å²) in [5.41, 5.74) is 3.25. The highest BCUT2D eigenvalue weighted by atomic mass is 35.5. The van der Waals surface area contributed by atoms with Crippen molar-refractivity contribution in [3.8, 4) is 5.75 Å². The number of fused-ring (bicyclic) bond motifs is 1. The fourth-order valence-electron chi connectivity index (χ4n) is 2.50. The SMILES string of the molecule is Cc1noc(C)c1CN1CCOc2ccc(Cl)cc2C1. The summed E-state index contributed by atoms with van der Waals surface area (Å²) in [5, 5.41) is 4.75. The first-order chi connectivity index (χ1) is 9.63. The van der Waals surface area contributed by atoms with E-state index in [9.17, 15) is 0 Å². The van der Waals surface area contributed by atoms with E-state index in [2.05, 4.69) is 10.1 Å². The molecule has 4 nitrogen and oxygen atoms in total. The maximum absolute atomic E-state index is 6.07. The van der Waals surface area contributed by atoms with Gasteiger partial charge in [-0.1, -0.05) is 16.8 Å². The highest BCUT2D eigenvalue weighted by Crippen LogP contribution is 2.27. The van der Waals surface area contributed by atoms with Gasteiger partial charge in [-0.2, -0.15) is 0 Å². The molecule has 0 atom stereocenters. The number of nitrogens with zero attached hydrogens (tertiary/aromatic N) is 2. The van der Waals surface area contributed by atoms with Gasteiger partial charge in [0.05, 0.1) is 5.69 Å². The van der Waals surface area contributed by atoms with Gasteiger partial charge in [0.2, 0.25) is 0 Å². The fraction of sp³-hybridized carbons (Fsp3) is 0.400. The van der Waals surface area contributed by atoms with E-state index >= 15 is 0 Å². The zero-order chi connectivity index (χ0) is 14.1. The van der Waals surface area contributed by atoms with Gasteiger partial charge in [-0.05, 0) is 32.0 Å². The maximum Gasteiger partial charge on any atom is 0.138 e. The van der Waals surface area contributed by atoms with Gasteiger partial charge < -0.3 is 9.26 Å². The summed E-state index contributed by atoms with van der Waals surface area (Å²) in [4.78, 5) is 2.33. The highest BCUT2D eigenvalue weighted by Gasteiger charge is 2.19. The van der Waals surface area contributed by atoms with Crippen molar-refractivity contribution in [3.05, 3.63) is 45.8 Å². The standard InChI is InChI=1S/C15H17ClN2O2/c1-10-14(11(2)20-17-10)9-18-5-6-19-15-4-3-13(16)7-12(15)8-18/h3-4,7H,5-6,8-9H2,1-2H3. The summed E-state index contributed by atoms with van der Waals surface area (Å²) in [7, 11) is 0. The molecule has 1 aliphatic heterocycles. The molecule has 0 unspecified atom stereocenters. The van der Waals surface area contributed by atoms with Crippen LogP contribution in [0.25, 0.3) is 0 Å². The molecule has 2 aromatic rings. The summed E-state index contributed by atoms with van der Waals surface area (Å²) in [6, 6.07) is 5.78. The minimum Gasteiger partial charge on any atom is -0.492 e. The molecule has 0 fully saturated rings. The molecular weight excluding hydrogens is 276 g/mol. The van der Waals surface area contributed by atoms with Gasteiger partial charge in [-0.25, -0.2) is 0 Å². The number of halogens is 1. The first-order valence-electron chi connectivity index (χ1n) is 6.69. The van der Waals surface area contributed by atoms with Crippen molar-refractivity contribution in [3.63, 3.8) is 0 Å². The van der Waals surface area contributed by atoms with Crippen molar-refractivity contribution >= 4 is 11.6 Å².